The molecule has 3 aromatic rings. The van der Waals surface area contributed by atoms with Crippen molar-refractivity contribution in [3.05, 3.63) is 58.6 Å². The van der Waals surface area contributed by atoms with Crippen LogP contribution in [-0.2, 0) is 13.2 Å². The smallest absolute Gasteiger partial charge is 0.388 e. The zero-order chi connectivity index (χ0) is 18.9. The molecule has 7 heteroatoms. The van der Waals surface area contributed by atoms with Crippen LogP contribution in [0.3, 0.4) is 0 Å². The second-order valence-electron chi connectivity index (χ2n) is 5.86. The van der Waals surface area contributed by atoms with Crippen LogP contribution in [0.1, 0.15) is 23.1 Å². The predicted molar refractivity (Wildman–Crippen MR) is 101 cm³/mol. The normalized spacial score (nSPS) is 12.5. The summed E-state index contributed by atoms with van der Waals surface area (Å²) >= 11 is 1.42. The molecule has 0 radical (unpaired) electrons. The fourth-order valence-corrected chi connectivity index (χ4v) is 3.72. The summed E-state index contributed by atoms with van der Waals surface area (Å²) in [6, 6.07) is 12.7. The van der Waals surface area contributed by atoms with Crippen molar-refractivity contribution < 1.29 is 13.2 Å². The Morgan fingerprint density at radius 3 is 2.58 bits per heavy atom. The van der Waals surface area contributed by atoms with Gasteiger partial charge in [-0.3, -0.25) is 4.68 Å². The Morgan fingerprint density at radius 1 is 1.19 bits per heavy atom. The minimum absolute atomic E-state index is 0.331. The minimum Gasteiger partial charge on any atom is -0.388 e. The number of thiophene rings is 1. The summed E-state index contributed by atoms with van der Waals surface area (Å²) < 4.78 is 39.7. The molecule has 136 valence electrons. The highest BCUT2D eigenvalue weighted by Crippen LogP contribution is 2.35. The quantitative estimate of drug-likeness (QED) is 0.625. The molecule has 3 nitrogen and oxygen atoms in total. The van der Waals surface area contributed by atoms with E-state index in [1.165, 1.54) is 18.4 Å². The number of aryl methyl sites for hydroxylation is 1. The second-order valence-corrected chi connectivity index (χ2v) is 6.98. The van der Waals surface area contributed by atoms with Crippen molar-refractivity contribution in [3.63, 3.8) is 0 Å². The molecule has 2 aromatic heterocycles. The third kappa shape index (κ3) is 3.67. The van der Waals surface area contributed by atoms with Crippen LogP contribution in [0.2, 0.25) is 0 Å². The minimum atomic E-state index is -4.41. The van der Waals surface area contributed by atoms with E-state index in [9.17, 15) is 13.2 Å². The van der Waals surface area contributed by atoms with Crippen molar-refractivity contribution in [3.8, 4) is 10.6 Å². The molecule has 0 unspecified atom stereocenters. The topological polar surface area (TPSA) is 29.9 Å². The Kier molecular flexibility index (Phi) is 4.91. The Balaban J connectivity index is 1.91. The van der Waals surface area contributed by atoms with Crippen LogP contribution < -0.4 is 5.32 Å². The summed E-state index contributed by atoms with van der Waals surface area (Å²) in [5.41, 5.74) is 2.76. The van der Waals surface area contributed by atoms with E-state index in [0.29, 0.717) is 10.6 Å². The number of benzene rings is 1. The molecule has 0 saturated carbocycles. The molecule has 1 aromatic carbocycles. The van der Waals surface area contributed by atoms with Gasteiger partial charge in [0.1, 0.15) is 11.4 Å². The number of hydrogen-bond donors (Lipinski definition) is 1. The van der Waals surface area contributed by atoms with Gasteiger partial charge in [-0.25, -0.2) is 0 Å². The first kappa shape index (κ1) is 18.3. The molecule has 3 rings (SSSR count). The van der Waals surface area contributed by atoms with Gasteiger partial charge in [-0.05, 0) is 42.8 Å². The maximum atomic E-state index is 12.9. The Bertz CT molecular complexity index is 951. The maximum absolute atomic E-state index is 12.9. The summed E-state index contributed by atoms with van der Waals surface area (Å²) in [7, 11) is 3.17. The summed E-state index contributed by atoms with van der Waals surface area (Å²) in [4.78, 5) is 1.67. The van der Waals surface area contributed by atoms with Crippen molar-refractivity contribution in [2.24, 2.45) is 7.05 Å². The summed E-state index contributed by atoms with van der Waals surface area (Å²) in [5.74, 6) is 0. The molecule has 0 amide bonds. The number of aromatic nitrogens is 2. The lowest BCUT2D eigenvalue weighted by atomic mass is 10.0. The summed E-state index contributed by atoms with van der Waals surface area (Å²) in [6.45, 7) is 2.01. The summed E-state index contributed by atoms with van der Waals surface area (Å²) in [6.07, 6.45) is -2.38. The van der Waals surface area contributed by atoms with Crippen LogP contribution in [0.25, 0.3) is 22.2 Å². The zero-order valence-electron chi connectivity index (χ0n) is 14.6. The average Bonchev–Trinajstić information content (AvgIpc) is 3.20. The van der Waals surface area contributed by atoms with Gasteiger partial charge in [-0.1, -0.05) is 18.2 Å². The first-order chi connectivity index (χ1) is 12.3. The van der Waals surface area contributed by atoms with Crippen LogP contribution in [0.5, 0.6) is 0 Å². The highest BCUT2D eigenvalue weighted by atomic mass is 32.1. The van der Waals surface area contributed by atoms with Gasteiger partial charge >= 0.3 is 6.18 Å². The number of hydrogen-bond acceptors (Lipinski definition) is 3. The third-order valence-electron chi connectivity index (χ3n) is 4.03. The van der Waals surface area contributed by atoms with Crippen LogP contribution >= 0.6 is 11.3 Å². The first-order valence-corrected chi connectivity index (χ1v) is 8.78. The van der Waals surface area contributed by atoms with E-state index in [1.54, 1.807) is 6.07 Å². The molecule has 0 aliphatic heterocycles. The van der Waals surface area contributed by atoms with E-state index in [2.05, 4.69) is 10.4 Å². The van der Waals surface area contributed by atoms with E-state index in [4.69, 9.17) is 0 Å². The van der Waals surface area contributed by atoms with Crippen LogP contribution in [0, 0.1) is 0 Å². The van der Waals surface area contributed by atoms with Gasteiger partial charge in [0.15, 0.2) is 0 Å². The average molecular weight is 377 g/mol. The fraction of sp³-hybridized carbons (Fsp3) is 0.211. The maximum Gasteiger partial charge on any atom is 0.433 e. The number of nitrogens with zero attached hydrogens (tertiary/aromatic N) is 2. The molecule has 0 bridgehead atoms. The zero-order valence-corrected chi connectivity index (χ0v) is 15.4. The van der Waals surface area contributed by atoms with Crippen LogP contribution in [0.15, 0.2) is 42.5 Å². The lowest BCUT2D eigenvalue weighted by Crippen LogP contribution is -2.11. The number of para-hydroxylation sites is 1. The lowest BCUT2D eigenvalue weighted by Gasteiger charge is -2.08. The molecular weight excluding hydrogens is 359 g/mol. The van der Waals surface area contributed by atoms with Gasteiger partial charge < -0.3 is 5.32 Å². The van der Waals surface area contributed by atoms with Gasteiger partial charge in [0.2, 0.25) is 0 Å². The highest BCUT2D eigenvalue weighted by Gasteiger charge is 2.35. The van der Waals surface area contributed by atoms with Crippen molar-refractivity contribution in [1.82, 2.24) is 9.78 Å². The van der Waals surface area contributed by atoms with Gasteiger partial charge in [0.05, 0.1) is 4.88 Å². The van der Waals surface area contributed by atoms with Gasteiger partial charge in [-0.15, -0.1) is 11.3 Å². The third-order valence-corrected chi connectivity index (χ3v) is 5.08. The number of anilines is 1. The van der Waals surface area contributed by atoms with Crippen molar-refractivity contribution in [1.29, 1.82) is 0 Å². The molecule has 2 heterocycles. The number of rotatable bonds is 4. The molecule has 0 saturated heterocycles. The number of allylic oxidation sites excluding steroid dienone is 1. The molecular formula is C19H18F3N3S. The van der Waals surface area contributed by atoms with E-state index >= 15 is 0 Å². The van der Waals surface area contributed by atoms with Gasteiger partial charge in [0, 0.05) is 30.2 Å². The summed E-state index contributed by atoms with van der Waals surface area (Å²) in [5, 5.41) is 7.16. The van der Waals surface area contributed by atoms with E-state index in [0.717, 1.165) is 32.4 Å². The number of nitrogens with one attached hydrogen (secondary N) is 1. The van der Waals surface area contributed by atoms with E-state index in [1.807, 2.05) is 50.4 Å². The van der Waals surface area contributed by atoms with Crippen molar-refractivity contribution >= 4 is 28.7 Å². The SMILES string of the molecule is CNc1ccccc1/C(C)=C/c1ccc(-c2cc(C(F)(F)F)n(C)n2)s1. The Morgan fingerprint density at radius 2 is 1.92 bits per heavy atom. The first-order valence-electron chi connectivity index (χ1n) is 7.96. The monoisotopic (exact) mass is 377 g/mol. The molecule has 0 aliphatic carbocycles. The number of alkyl halides is 3. The molecule has 0 aliphatic rings. The van der Waals surface area contributed by atoms with Gasteiger partial charge in [0.25, 0.3) is 0 Å². The molecule has 0 fully saturated rings. The van der Waals surface area contributed by atoms with Crippen molar-refractivity contribution in [2.45, 2.75) is 13.1 Å². The molecule has 0 atom stereocenters. The highest BCUT2D eigenvalue weighted by molar-refractivity contribution is 7.16. The fourth-order valence-electron chi connectivity index (χ4n) is 2.76. The largest absolute Gasteiger partial charge is 0.433 e. The Labute approximate surface area is 153 Å². The second kappa shape index (κ2) is 6.99. The molecule has 26 heavy (non-hydrogen) atoms. The Hall–Kier alpha value is -2.54. The predicted octanol–water partition coefficient (Wildman–Crippen LogP) is 5.77. The van der Waals surface area contributed by atoms with E-state index in [-0.39, 0.29) is 0 Å². The molecule has 0 spiro atoms. The number of halogens is 3. The lowest BCUT2D eigenvalue weighted by molar-refractivity contribution is -0.143. The van der Waals surface area contributed by atoms with Gasteiger partial charge in [-0.2, -0.15) is 18.3 Å². The van der Waals surface area contributed by atoms with Crippen molar-refractivity contribution in [2.75, 3.05) is 12.4 Å². The van der Waals surface area contributed by atoms with Crippen LogP contribution in [-0.4, -0.2) is 16.8 Å². The van der Waals surface area contributed by atoms with E-state index < -0.39 is 11.9 Å². The standard InChI is InChI=1S/C19H18F3N3S/c1-12(14-6-4-5-7-15(14)23-2)10-13-8-9-17(26-13)16-11-18(19(20,21)22)25(3)24-16/h4-11,23H,1-3H3/b12-10+. The molecule has 1 N–H and O–H groups in total. The van der Waals surface area contributed by atoms with Crippen LogP contribution in [0.4, 0.5) is 18.9 Å².